The number of nitrogens with one attached hydrogen (secondary N) is 1. The molecule has 2 amide bonds. The molecule has 7 heteroatoms. The maximum atomic E-state index is 13.8. The lowest BCUT2D eigenvalue weighted by Crippen LogP contribution is -2.49. The van der Waals surface area contributed by atoms with Crippen molar-refractivity contribution in [1.29, 1.82) is 0 Å². The Morgan fingerprint density at radius 3 is 2.45 bits per heavy atom. The number of amides is 2. The van der Waals surface area contributed by atoms with Crippen molar-refractivity contribution in [2.45, 2.75) is 38.6 Å². The van der Waals surface area contributed by atoms with Crippen LogP contribution in [0.25, 0.3) is 0 Å². The quantitative estimate of drug-likeness (QED) is 0.589. The number of halogens is 2. The van der Waals surface area contributed by atoms with Gasteiger partial charge in [0.2, 0.25) is 11.8 Å². The molecule has 0 bridgehead atoms. The Bertz CT molecular complexity index is 817. The van der Waals surface area contributed by atoms with Crippen LogP contribution >= 0.6 is 23.4 Å². The molecule has 0 fully saturated rings. The van der Waals surface area contributed by atoms with Gasteiger partial charge in [-0.15, -0.1) is 11.8 Å². The number of carbonyl (C=O) groups excluding carboxylic acids is 2. The maximum Gasteiger partial charge on any atom is 0.242 e. The molecule has 0 aliphatic rings. The summed E-state index contributed by atoms with van der Waals surface area (Å²) in [5, 5.41) is 3.42. The Labute approximate surface area is 180 Å². The molecule has 29 heavy (non-hydrogen) atoms. The molecule has 2 aromatic carbocycles. The van der Waals surface area contributed by atoms with Crippen molar-refractivity contribution in [3.05, 3.63) is 70.5 Å². The van der Waals surface area contributed by atoms with Crippen LogP contribution in [-0.4, -0.2) is 35.1 Å². The second-order valence-electron chi connectivity index (χ2n) is 6.55. The van der Waals surface area contributed by atoms with E-state index < -0.39 is 6.04 Å². The molecule has 0 aliphatic carbocycles. The molecule has 0 radical (unpaired) electrons. The summed E-state index contributed by atoms with van der Waals surface area (Å²) in [6.45, 7) is 4.54. The molecule has 1 N–H and O–H groups in total. The lowest BCUT2D eigenvalue weighted by molar-refractivity contribution is -0.139. The summed E-state index contributed by atoms with van der Waals surface area (Å²) >= 11 is 7.29. The normalized spacial score (nSPS) is 11.7. The standard InChI is InChI=1S/C22H26ClFN2O2S/c1-3-20(22(28)25-4-2)26(13-16-9-11-18(23)12-10-16)21(27)15-29-14-17-7-5-6-8-19(17)24/h5-12,20H,3-4,13-15H2,1-2H3,(H,25,28)/t20-/m0/s1. The van der Waals surface area contributed by atoms with Crippen LogP contribution in [0.1, 0.15) is 31.4 Å². The van der Waals surface area contributed by atoms with Gasteiger partial charge in [-0.3, -0.25) is 9.59 Å². The lowest BCUT2D eigenvalue weighted by Gasteiger charge is -2.30. The number of likely N-dealkylation sites (N-methyl/N-ethyl adjacent to an activating group) is 1. The fraction of sp³-hybridized carbons (Fsp3) is 0.364. The van der Waals surface area contributed by atoms with E-state index in [4.69, 9.17) is 11.6 Å². The Kier molecular flexibility index (Phi) is 9.48. The van der Waals surface area contributed by atoms with Gasteiger partial charge in [-0.25, -0.2) is 4.39 Å². The minimum absolute atomic E-state index is 0.153. The van der Waals surface area contributed by atoms with Gasteiger partial charge < -0.3 is 10.2 Å². The fourth-order valence-corrected chi connectivity index (χ4v) is 3.97. The van der Waals surface area contributed by atoms with Crippen LogP contribution in [0.5, 0.6) is 0 Å². The molecule has 0 unspecified atom stereocenters. The van der Waals surface area contributed by atoms with Gasteiger partial charge in [0.1, 0.15) is 11.9 Å². The monoisotopic (exact) mass is 436 g/mol. The zero-order chi connectivity index (χ0) is 21.2. The highest BCUT2D eigenvalue weighted by Gasteiger charge is 2.28. The highest BCUT2D eigenvalue weighted by Crippen LogP contribution is 2.19. The van der Waals surface area contributed by atoms with E-state index in [0.717, 1.165) is 5.56 Å². The molecule has 0 aromatic heterocycles. The van der Waals surface area contributed by atoms with Crippen molar-refractivity contribution in [2.24, 2.45) is 0 Å². The van der Waals surface area contributed by atoms with Crippen LogP contribution in [0, 0.1) is 5.82 Å². The molecule has 0 spiro atoms. The van der Waals surface area contributed by atoms with Crippen LogP contribution in [0.15, 0.2) is 48.5 Å². The summed E-state index contributed by atoms with van der Waals surface area (Å²) in [4.78, 5) is 27.1. The second-order valence-corrected chi connectivity index (χ2v) is 7.97. The highest BCUT2D eigenvalue weighted by molar-refractivity contribution is 7.99. The summed E-state index contributed by atoms with van der Waals surface area (Å²) in [7, 11) is 0. The molecule has 0 saturated carbocycles. The van der Waals surface area contributed by atoms with Crippen LogP contribution in [0.3, 0.4) is 0 Å². The summed E-state index contributed by atoms with van der Waals surface area (Å²) in [6, 6.07) is 13.2. The number of benzene rings is 2. The van der Waals surface area contributed by atoms with E-state index in [0.29, 0.717) is 35.8 Å². The van der Waals surface area contributed by atoms with Gasteiger partial charge in [-0.2, -0.15) is 0 Å². The molecule has 0 heterocycles. The predicted molar refractivity (Wildman–Crippen MR) is 117 cm³/mol. The lowest BCUT2D eigenvalue weighted by atomic mass is 10.1. The third-order valence-electron chi connectivity index (χ3n) is 4.44. The van der Waals surface area contributed by atoms with Crippen molar-refractivity contribution in [1.82, 2.24) is 10.2 Å². The first-order valence-corrected chi connectivity index (χ1v) is 11.1. The van der Waals surface area contributed by atoms with Gasteiger partial charge in [-0.1, -0.05) is 48.9 Å². The van der Waals surface area contributed by atoms with Gasteiger partial charge in [0, 0.05) is 23.9 Å². The summed E-state index contributed by atoms with van der Waals surface area (Å²) in [5.74, 6) is -0.0433. The average molecular weight is 437 g/mol. The third kappa shape index (κ3) is 7.05. The summed E-state index contributed by atoms with van der Waals surface area (Å²) < 4.78 is 13.8. The van der Waals surface area contributed by atoms with Crippen LogP contribution in [0.2, 0.25) is 5.02 Å². The number of carbonyl (C=O) groups is 2. The average Bonchev–Trinajstić information content (AvgIpc) is 2.71. The fourth-order valence-electron chi connectivity index (χ4n) is 2.94. The van der Waals surface area contributed by atoms with Crippen molar-refractivity contribution < 1.29 is 14.0 Å². The maximum absolute atomic E-state index is 13.8. The summed E-state index contributed by atoms with van der Waals surface area (Å²) in [6.07, 6.45) is 0.503. The molecular formula is C22H26ClFN2O2S. The SMILES string of the molecule is CCNC(=O)[C@H](CC)N(Cc1ccc(Cl)cc1)C(=O)CSCc1ccccc1F. The van der Waals surface area contributed by atoms with Gasteiger partial charge in [0.25, 0.3) is 0 Å². The van der Waals surface area contributed by atoms with Crippen LogP contribution in [-0.2, 0) is 21.9 Å². The van der Waals surface area contributed by atoms with Gasteiger partial charge in [0.05, 0.1) is 5.75 Å². The van der Waals surface area contributed by atoms with E-state index in [1.54, 1.807) is 35.2 Å². The topological polar surface area (TPSA) is 49.4 Å². The van der Waals surface area contributed by atoms with Crippen molar-refractivity contribution in [2.75, 3.05) is 12.3 Å². The van der Waals surface area contributed by atoms with E-state index in [9.17, 15) is 14.0 Å². The minimum Gasteiger partial charge on any atom is -0.355 e. The molecule has 2 rings (SSSR count). The van der Waals surface area contributed by atoms with E-state index in [2.05, 4.69) is 5.32 Å². The zero-order valence-corrected chi connectivity index (χ0v) is 18.2. The third-order valence-corrected chi connectivity index (χ3v) is 5.66. The highest BCUT2D eigenvalue weighted by atomic mass is 35.5. The molecule has 0 aliphatic heterocycles. The molecule has 0 saturated heterocycles. The van der Waals surface area contributed by atoms with Gasteiger partial charge >= 0.3 is 0 Å². The van der Waals surface area contributed by atoms with Crippen LogP contribution < -0.4 is 5.32 Å². The Morgan fingerprint density at radius 1 is 1.14 bits per heavy atom. The first-order valence-electron chi connectivity index (χ1n) is 9.59. The molecule has 1 atom stereocenters. The van der Waals surface area contributed by atoms with Gasteiger partial charge in [-0.05, 0) is 42.7 Å². The number of thioether (sulfide) groups is 1. The van der Waals surface area contributed by atoms with Crippen molar-refractivity contribution >= 4 is 35.2 Å². The smallest absolute Gasteiger partial charge is 0.242 e. The van der Waals surface area contributed by atoms with Crippen molar-refractivity contribution in [3.63, 3.8) is 0 Å². The Hall–Kier alpha value is -2.05. The number of rotatable bonds is 10. The van der Waals surface area contributed by atoms with E-state index in [1.807, 2.05) is 26.0 Å². The van der Waals surface area contributed by atoms with E-state index >= 15 is 0 Å². The molecule has 156 valence electrons. The number of hydrogen-bond acceptors (Lipinski definition) is 3. The van der Waals surface area contributed by atoms with E-state index in [-0.39, 0.29) is 23.4 Å². The first kappa shape index (κ1) is 23.2. The zero-order valence-electron chi connectivity index (χ0n) is 16.7. The minimum atomic E-state index is -0.563. The second kappa shape index (κ2) is 11.8. The number of hydrogen-bond donors (Lipinski definition) is 1. The Balaban J connectivity index is 2.11. The largest absolute Gasteiger partial charge is 0.355 e. The van der Waals surface area contributed by atoms with Crippen molar-refractivity contribution in [3.8, 4) is 0 Å². The first-order chi connectivity index (χ1) is 14.0. The molecule has 4 nitrogen and oxygen atoms in total. The predicted octanol–water partition coefficient (Wildman–Crippen LogP) is 4.66. The Morgan fingerprint density at radius 2 is 1.83 bits per heavy atom. The molecule has 2 aromatic rings. The molecular weight excluding hydrogens is 411 g/mol. The van der Waals surface area contributed by atoms with Crippen LogP contribution in [0.4, 0.5) is 4.39 Å². The van der Waals surface area contributed by atoms with E-state index in [1.165, 1.54) is 17.8 Å². The number of nitrogens with zero attached hydrogens (tertiary/aromatic N) is 1. The summed E-state index contributed by atoms with van der Waals surface area (Å²) in [5.41, 5.74) is 1.45. The van der Waals surface area contributed by atoms with Gasteiger partial charge in [0.15, 0.2) is 0 Å².